The van der Waals surface area contributed by atoms with Crippen LogP contribution in [0.3, 0.4) is 0 Å². The summed E-state index contributed by atoms with van der Waals surface area (Å²) in [6, 6.07) is 16.0. The number of quaternary nitrogens is 2. The summed E-state index contributed by atoms with van der Waals surface area (Å²) in [4.78, 5) is 75.8. The molecule has 16 heteroatoms. The van der Waals surface area contributed by atoms with Gasteiger partial charge in [0.05, 0.1) is 40.2 Å². The number of likely N-dealkylation sites (tertiary alicyclic amines) is 2. The Labute approximate surface area is 563 Å². The molecule has 2 amide bonds. The smallest absolute Gasteiger partial charge is 0.333 e. The quantitative estimate of drug-likeness (QED) is 0.0138. The molecule has 0 radical (unpaired) electrons. The summed E-state index contributed by atoms with van der Waals surface area (Å²) in [5.74, 6) is 1.58. The predicted octanol–water partition coefficient (Wildman–Crippen LogP) is 7.49. The summed E-state index contributed by atoms with van der Waals surface area (Å²) >= 11 is 0. The Morgan fingerprint density at radius 1 is 0.678 bits per heavy atom. The van der Waals surface area contributed by atoms with Gasteiger partial charge in [-0.25, -0.2) is 9.59 Å². The second kappa shape index (κ2) is 51.6. The molecule has 2 fully saturated rings. The van der Waals surface area contributed by atoms with Crippen LogP contribution in [0.1, 0.15) is 207 Å². The Balaban J connectivity index is -0.00000116. The maximum atomic E-state index is 13.7. The monoisotopic (exact) mass is 1440 g/mol. The molecule has 2 aliphatic rings. The molecule has 0 aromatic heterocycles. The number of nitrogens with one attached hydrogen (secondary N) is 1. The van der Waals surface area contributed by atoms with E-state index in [1.807, 2.05) is 32.3 Å². The molecule has 2 aromatic carbocycles. The van der Waals surface area contributed by atoms with E-state index in [9.17, 15) is 28.8 Å². The number of carbonyl (C=O) groups is 6. The van der Waals surface area contributed by atoms with Crippen LogP contribution in [0, 0.1) is 23.2 Å². The highest BCUT2D eigenvalue weighted by Crippen LogP contribution is 2.39. The molecule has 87 heavy (non-hydrogen) atoms. The summed E-state index contributed by atoms with van der Waals surface area (Å²) in [5.41, 5.74) is 1.12. The van der Waals surface area contributed by atoms with Gasteiger partial charge in [0.2, 0.25) is 11.8 Å². The third-order valence-electron chi connectivity index (χ3n) is 15.3. The molecule has 2 saturated heterocycles. The summed E-state index contributed by atoms with van der Waals surface area (Å²) in [6.07, 6.45) is 24.7. The molecule has 4 rings (SSSR count). The van der Waals surface area contributed by atoms with Crippen LogP contribution in [0.25, 0.3) is 0 Å². The van der Waals surface area contributed by atoms with Gasteiger partial charge < -0.3 is 86.1 Å². The minimum atomic E-state index is -0.581. The number of halogens is 2. The molecule has 14 nitrogen and oxygen atoms in total. The number of ketones is 1. The van der Waals surface area contributed by atoms with Gasteiger partial charge in [-0.1, -0.05) is 170 Å². The molecule has 0 spiro atoms. The maximum Gasteiger partial charge on any atom is 0.333 e. The number of hydrogen-bond donors (Lipinski definition) is 1. The first kappa shape index (κ1) is 87.1. The van der Waals surface area contributed by atoms with Crippen LogP contribution in [0.5, 0.6) is 5.75 Å². The van der Waals surface area contributed by atoms with Crippen molar-refractivity contribution in [1.82, 2.24) is 9.80 Å². The normalized spacial score (nSPS) is 13.9. The van der Waals surface area contributed by atoms with Crippen molar-refractivity contribution in [3.63, 3.8) is 0 Å². The van der Waals surface area contributed by atoms with Crippen LogP contribution in [0.15, 0.2) is 92.2 Å². The van der Waals surface area contributed by atoms with E-state index in [0.717, 1.165) is 69.0 Å². The van der Waals surface area contributed by atoms with Crippen molar-refractivity contribution < 1.29 is 105 Å². The second-order valence-corrected chi connectivity index (χ2v) is 25.1. The fraction of sp³-hybridized carbons (Fsp3) is 0.662. The molecule has 498 valence electrons. The zero-order valence-corrected chi connectivity index (χ0v) is 61.1. The summed E-state index contributed by atoms with van der Waals surface area (Å²) in [6.45, 7) is 37.7. The van der Waals surface area contributed by atoms with E-state index in [4.69, 9.17) is 18.9 Å². The minimum absolute atomic E-state index is 0. The molecular weight excluding hydrogens is 1320 g/mol. The number of benzene rings is 2. The number of ether oxygens (including phenoxy) is 4. The van der Waals surface area contributed by atoms with Crippen LogP contribution < -0.4 is 57.6 Å². The highest BCUT2D eigenvalue weighted by molar-refractivity contribution is 6.09. The summed E-state index contributed by atoms with van der Waals surface area (Å²) in [7, 11) is 8.51. The van der Waals surface area contributed by atoms with E-state index in [0.29, 0.717) is 72.7 Å². The van der Waals surface area contributed by atoms with E-state index in [1.54, 1.807) is 54.4 Å². The van der Waals surface area contributed by atoms with Crippen molar-refractivity contribution in [3.05, 3.63) is 103 Å². The lowest BCUT2D eigenvalue weighted by Gasteiger charge is -2.38. The minimum Gasteiger partial charge on any atom is -1.00 e. The van der Waals surface area contributed by atoms with E-state index >= 15 is 0 Å². The Kier molecular flexibility index (Phi) is 51.6. The lowest BCUT2D eigenvalue weighted by molar-refractivity contribution is -0.890. The van der Waals surface area contributed by atoms with E-state index in [-0.39, 0.29) is 96.7 Å². The predicted molar refractivity (Wildman–Crippen MR) is 348 cm³/mol. The fourth-order valence-corrected chi connectivity index (χ4v) is 9.63. The molecular formula is C71H120I2N4O10. The number of amides is 2. The first-order valence-corrected chi connectivity index (χ1v) is 32.3. The number of hydrogen-bond acceptors (Lipinski definition) is 10. The third kappa shape index (κ3) is 41.7. The number of nitrogens with zero attached hydrogens (tertiary/aromatic N) is 3. The first-order valence-electron chi connectivity index (χ1n) is 32.3. The highest BCUT2D eigenvalue weighted by atomic mass is 127. The van der Waals surface area contributed by atoms with Crippen molar-refractivity contribution >= 4 is 35.5 Å². The molecule has 0 aliphatic carbocycles. The van der Waals surface area contributed by atoms with E-state index in [2.05, 4.69) is 101 Å². The van der Waals surface area contributed by atoms with Crippen LogP contribution in [0.2, 0.25) is 0 Å². The van der Waals surface area contributed by atoms with Gasteiger partial charge in [-0.2, -0.15) is 0 Å². The Morgan fingerprint density at radius 2 is 1.22 bits per heavy atom. The van der Waals surface area contributed by atoms with Crippen LogP contribution in [-0.4, -0.2) is 143 Å². The van der Waals surface area contributed by atoms with E-state index in [1.165, 1.54) is 81.9 Å². The van der Waals surface area contributed by atoms with Crippen molar-refractivity contribution in [2.75, 3.05) is 87.3 Å². The maximum absolute atomic E-state index is 13.7. The lowest BCUT2D eigenvalue weighted by Crippen LogP contribution is -3.06. The number of likely N-dealkylation sites (N-methyl/N-ethyl adjacent to an activating group) is 2. The molecule has 3 unspecified atom stereocenters. The number of esters is 3. The van der Waals surface area contributed by atoms with Crippen molar-refractivity contribution in [1.29, 1.82) is 0 Å². The molecule has 2 aromatic rings. The first-order chi connectivity index (χ1) is 40.3. The third-order valence-corrected chi connectivity index (χ3v) is 15.3. The van der Waals surface area contributed by atoms with Crippen molar-refractivity contribution in [2.45, 2.75) is 197 Å². The number of carbonyl (C=O) groups excluding carboxylic acids is 6. The van der Waals surface area contributed by atoms with Gasteiger partial charge in [0.25, 0.3) is 0 Å². The second-order valence-electron chi connectivity index (χ2n) is 25.1. The van der Waals surface area contributed by atoms with Gasteiger partial charge in [-0.15, -0.1) is 0 Å². The molecule has 2 aliphatic heterocycles. The Bertz CT molecular complexity index is 2200. The lowest BCUT2D eigenvalue weighted by atomic mass is 9.73. The Morgan fingerprint density at radius 3 is 1.68 bits per heavy atom. The van der Waals surface area contributed by atoms with Gasteiger partial charge in [0.1, 0.15) is 45.3 Å². The summed E-state index contributed by atoms with van der Waals surface area (Å²) < 4.78 is 22.0. The van der Waals surface area contributed by atoms with Gasteiger partial charge >= 0.3 is 17.9 Å². The average Bonchev–Trinajstić information content (AvgIpc) is 2.54. The van der Waals surface area contributed by atoms with Crippen LogP contribution >= 0.6 is 0 Å². The van der Waals surface area contributed by atoms with E-state index < -0.39 is 11.4 Å². The standard InChI is InChI=1S/C31H61N2O3.C18H16O4.C8H15NO2.C8H18.C6H9NO.2HI/c1-10-11-12-13-14-15-19-33(8,9)20-21-36-30(35)31(7,23-27(6)26(4)5)24-28(22-25(2)3)32-18-16-17-29(32)34;1-2-17(19)22-13-12-21-16-10-8-15(9-11-16)18(20)14-6-4-3-5-7-14;1-7(2)8(10)11-6-5-9(3)4;1-3-5-7-8-6-4-2;1-2-7-5-3-4-6(7)8;;/h25-28H,10-24H2,1-9H3;2-11H,1,12-13H2;1,5-6H2,2-4H3;3-8H2,1-2H3;2H,1,3-5H2;2*1H/q+1;;;;;;/p-1. The topological polar surface area (TPSA) is 150 Å². The largest absolute Gasteiger partial charge is 1.00 e. The van der Waals surface area contributed by atoms with Gasteiger partial charge in [-0.3, -0.25) is 19.2 Å². The number of rotatable bonds is 36. The van der Waals surface area contributed by atoms with Gasteiger partial charge in [-0.05, 0) is 107 Å². The molecule has 0 bridgehead atoms. The average molecular weight is 1440 g/mol. The zero-order chi connectivity index (χ0) is 64.2. The van der Waals surface area contributed by atoms with Gasteiger partial charge in [0, 0.05) is 54.7 Å². The van der Waals surface area contributed by atoms with Crippen LogP contribution in [0.4, 0.5) is 0 Å². The molecule has 3 atom stereocenters. The highest BCUT2D eigenvalue weighted by Gasteiger charge is 2.42. The SMILES string of the molecule is C=C(C)C(=O)OCC[NH+](C)C.C=CC(=O)OCCOc1ccc(C(=O)c2ccccc2)cc1.C=CN1CCCC1=O.CCCCCCCC.CCCCCCCC[N+](C)(C)CCOC(=O)C(C)(CC(C)C(C)C)CC(CC(C)C)N1CCCC1=O.[I-].[I-]. The molecule has 2 heterocycles. The molecule has 1 N–H and O–H groups in total. The van der Waals surface area contributed by atoms with Crippen LogP contribution in [-0.2, 0) is 38.2 Å². The molecule has 0 saturated carbocycles. The zero-order valence-electron chi connectivity index (χ0n) is 56.8. The fourth-order valence-electron chi connectivity index (χ4n) is 9.63. The van der Waals surface area contributed by atoms with Crippen molar-refractivity contribution in [2.24, 2.45) is 23.2 Å². The summed E-state index contributed by atoms with van der Waals surface area (Å²) in [5, 5.41) is 0. The van der Waals surface area contributed by atoms with Gasteiger partial charge in [0.15, 0.2) is 5.78 Å². The Hall–Kier alpha value is -4.14. The van der Waals surface area contributed by atoms with Crippen molar-refractivity contribution in [3.8, 4) is 5.75 Å². The number of unbranched alkanes of at least 4 members (excludes halogenated alkanes) is 10.